The second-order valence-electron chi connectivity index (χ2n) is 10.2. The molecule has 3 aromatic rings. The number of halogens is 6. The number of pyridine rings is 1. The number of benzene rings is 2. The first-order valence-corrected chi connectivity index (χ1v) is 12.6. The Bertz CT molecular complexity index is 1520. The van der Waals surface area contributed by atoms with Crippen LogP contribution in [-0.4, -0.2) is 46.3 Å². The fraction of sp³-hybridized carbons (Fsp3) is 0.321. The van der Waals surface area contributed by atoms with Gasteiger partial charge in [0.05, 0.1) is 41.9 Å². The van der Waals surface area contributed by atoms with Crippen molar-refractivity contribution in [3.8, 4) is 5.88 Å². The molecule has 2 aromatic carbocycles. The summed E-state index contributed by atoms with van der Waals surface area (Å²) in [5.74, 6) is -6.26. The number of nitrogens with zero attached hydrogens (tertiary/aromatic N) is 2. The average Bonchev–Trinajstić information content (AvgIpc) is 2.89. The molecule has 3 rings (SSSR count). The Morgan fingerprint density at radius 3 is 2.28 bits per heavy atom. The van der Waals surface area contributed by atoms with Crippen molar-refractivity contribution in [1.82, 2.24) is 9.88 Å². The van der Waals surface area contributed by atoms with Gasteiger partial charge in [-0.1, -0.05) is 0 Å². The van der Waals surface area contributed by atoms with Crippen LogP contribution in [0.1, 0.15) is 48.0 Å². The van der Waals surface area contributed by atoms with Crippen molar-refractivity contribution in [1.29, 1.82) is 0 Å². The highest BCUT2D eigenvalue weighted by Gasteiger charge is 2.36. The third-order valence-corrected chi connectivity index (χ3v) is 5.92. The summed E-state index contributed by atoms with van der Waals surface area (Å²) in [7, 11) is 1.38. The Morgan fingerprint density at radius 2 is 1.70 bits per heavy atom. The zero-order valence-corrected chi connectivity index (χ0v) is 23.4. The Kier molecular flexibility index (Phi) is 9.67. The molecule has 0 aliphatic rings. The quantitative estimate of drug-likeness (QED) is 0.232. The lowest BCUT2D eigenvalue weighted by molar-refractivity contribution is -0.139. The van der Waals surface area contributed by atoms with Gasteiger partial charge in [-0.15, -0.1) is 0 Å². The summed E-state index contributed by atoms with van der Waals surface area (Å²) in [6.07, 6.45) is -6.16. The van der Waals surface area contributed by atoms with E-state index >= 15 is 4.39 Å². The van der Waals surface area contributed by atoms with Gasteiger partial charge < -0.3 is 30.5 Å². The third-order valence-electron chi connectivity index (χ3n) is 5.92. The number of ether oxygens (including phenoxy) is 2. The second-order valence-corrected chi connectivity index (χ2v) is 10.2. The maximum atomic E-state index is 15.2. The number of hydrogen-bond acceptors (Lipinski definition) is 7. The lowest BCUT2D eigenvalue weighted by atomic mass is 10.1. The molecule has 232 valence electrons. The highest BCUT2D eigenvalue weighted by molar-refractivity contribution is 5.95. The Labute approximate surface area is 242 Å². The van der Waals surface area contributed by atoms with Crippen LogP contribution in [-0.2, 0) is 23.9 Å². The van der Waals surface area contributed by atoms with Crippen LogP contribution in [0.15, 0.2) is 36.4 Å². The topological polar surface area (TPSA) is 127 Å². The number of rotatable bonds is 9. The van der Waals surface area contributed by atoms with Crippen LogP contribution in [0.3, 0.4) is 0 Å². The number of hydrogen-bond donors (Lipinski definition) is 3. The molecule has 9 nitrogen and oxygen atoms in total. The number of aromatic carboxylic acids is 1. The minimum atomic E-state index is -5.20. The van der Waals surface area contributed by atoms with E-state index < -0.39 is 75.9 Å². The lowest BCUT2D eigenvalue weighted by Crippen LogP contribution is -2.38. The molecule has 1 amide bonds. The standard InChI is InChI=1S/C28H28F6N4O5/c1-27(2,3)43-26(41)38(10-9-21-19(35)6-8-23(37-21)42-4)13-15-20(7-5-17(29)24(15)31)36-22-12-16(28(32,33)34)18(30)11-14(22)25(39)40/h5-8,11-12,36H,9-10,13,35H2,1-4H3,(H,39,40). The van der Waals surface area contributed by atoms with E-state index in [4.69, 9.17) is 15.2 Å². The van der Waals surface area contributed by atoms with Gasteiger partial charge >= 0.3 is 18.2 Å². The fourth-order valence-electron chi connectivity index (χ4n) is 3.88. The number of nitrogen functional groups attached to an aromatic ring is 1. The van der Waals surface area contributed by atoms with Crippen LogP contribution >= 0.6 is 0 Å². The van der Waals surface area contributed by atoms with Gasteiger partial charge in [-0.25, -0.2) is 27.7 Å². The summed E-state index contributed by atoms with van der Waals surface area (Å²) in [5.41, 5.74) is 1.11. The molecule has 1 heterocycles. The monoisotopic (exact) mass is 614 g/mol. The van der Waals surface area contributed by atoms with E-state index in [9.17, 15) is 36.6 Å². The van der Waals surface area contributed by atoms with Gasteiger partial charge in [0.1, 0.15) is 11.4 Å². The van der Waals surface area contributed by atoms with Crippen molar-refractivity contribution >= 4 is 29.1 Å². The number of methoxy groups -OCH3 is 1. The van der Waals surface area contributed by atoms with Crippen molar-refractivity contribution in [2.24, 2.45) is 0 Å². The summed E-state index contributed by atoms with van der Waals surface area (Å²) < 4.78 is 94.4. The van der Waals surface area contributed by atoms with E-state index in [1.165, 1.54) is 19.2 Å². The largest absolute Gasteiger partial charge is 0.481 e. The maximum absolute atomic E-state index is 15.2. The van der Waals surface area contributed by atoms with Crippen molar-refractivity contribution < 1.29 is 50.5 Å². The predicted octanol–water partition coefficient (Wildman–Crippen LogP) is 6.53. The molecule has 0 fully saturated rings. The fourth-order valence-corrected chi connectivity index (χ4v) is 3.88. The van der Waals surface area contributed by atoms with E-state index in [0.717, 1.165) is 11.0 Å². The molecular weight excluding hydrogens is 586 g/mol. The van der Waals surface area contributed by atoms with Crippen molar-refractivity contribution in [3.05, 3.63) is 76.2 Å². The first-order valence-electron chi connectivity index (χ1n) is 12.6. The smallest absolute Gasteiger partial charge is 0.419 e. The second kappa shape index (κ2) is 12.7. The number of nitrogens with one attached hydrogen (secondary N) is 1. The summed E-state index contributed by atoms with van der Waals surface area (Å²) in [4.78, 5) is 30.1. The molecule has 43 heavy (non-hydrogen) atoms. The zero-order valence-electron chi connectivity index (χ0n) is 23.4. The van der Waals surface area contributed by atoms with Gasteiger partial charge in [0.2, 0.25) is 5.88 Å². The molecule has 0 spiro atoms. The predicted molar refractivity (Wildman–Crippen MR) is 144 cm³/mol. The number of carboxylic acid groups (broad SMARTS) is 1. The average molecular weight is 615 g/mol. The molecule has 1 aromatic heterocycles. The maximum Gasteiger partial charge on any atom is 0.419 e. The van der Waals surface area contributed by atoms with E-state index in [0.29, 0.717) is 11.8 Å². The number of carbonyl (C=O) groups excluding carboxylic acids is 1. The molecular formula is C28H28F6N4O5. The number of carboxylic acids is 1. The SMILES string of the molecule is COc1ccc(N)c(CCN(Cc2c(Nc3cc(C(F)(F)F)c(F)cc3C(=O)O)ccc(F)c2F)C(=O)OC(C)(C)C)n1. The summed E-state index contributed by atoms with van der Waals surface area (Å²) in [5, 5.41) is 11.8. The molecule has 0 radical (unpaired) electrons. The molecule has 0 saturated heterocycles. The zero-order chi connectivity index (χ0) is 32.3. The Hall–Kier alpha value is -4.69. The number of carbonyl (C=O) groups is 2. The number of alkyl halides is 3. The molecule has 0 aliphatic heterocycles. The molecule has 0 saturated carbocycles. The number of nitrogens with two attached hydrogens (primary N) is 1. The van der Waals surface area contributed by atoms with Crippen LogP contribution in [0, 0.1) is 17.5 Å². The van der Waals surface area contributed by atoms with Crippen LogP contribution in [0.25, 0.3) is 0 Å². The van der Waals surface area contributed by atoms with Crippen LogP contribution in [0.4, 0.5) is 48.2 Å². The summed E-state index contributed by atoms with van der Waals surface area (Å²) in [6, 6.07) is 4.97. The van der Waals surface area contributed by atoms with Crippen molar-refractivity contribution in [3.63, 3.8) is 0 Å². The van der Waals surface area contributed by atoms with Gasteiger partial charge in [-0.2, -0.15) is 13.2 Å². The molecule has 0 unspecified atom stereocenters. The highest BCUT2D eigenvalue weighted by Crippen LogP contribution is 2.37. The minimum Gasteiger partial charge on any atom is -0.481 e. The first kappa shape index (κ1) is 32.8. The normalized spacial score (nSPS) is 11.7. The third kappa shape index (κ3) is 8.20. The lowest BCUT2D eigenvalue weighted by Gasteiger charge is -2.28. The summed E-state index contributed by atoms with van der Waals surface area (Å²) >= 11 is 0. The van der Waals surface area contributed by atoms with E-state index in [-0.39, 0.29) is 36.7 Å². The Morgan fingerprint density at radius 1 is 1.02 bits per heavy atom. The molecule has 0 atom stereocenters. The number of anilines is 3. The van der Waals surface area contributed by atoms with Crippen LogP contribution in [0.2, 0.25) is 0 Å². The van der Waals surface area contributed by atoms with Crippen LogP contribution < -0.4 is 15.8 Å². The van der Waals surface area contributed by atoms with E-state index in [2.05, 4.69) is 10.3 Å². The first-order chi connectivity index (χ1) is 19.9. The molecule has 4 N–H and O–H groups in total. The van der Waals surface area contributed by atoms with Crippen molar-refractivity contribution in [2.75, 3.05) is 24.7 Å². The van der Waals surface area contributed by atoms with Gasteiger partial charge in [-0.05, 0) is 51.1 Å². The minimum absolute atomic E-state index is 0.00194. The van der Waals surface area contributed by atoms with Crippen LogP contribution in [0.5, 0.6) is 5.88 Å². The molecule has 0 aliphatic carbocycles. The van der Waals surface area contributed by atoms with E-state index in [1.54, 1.807) is 20.8 Å². The van der Waals surface area contributed by atoms with Gasteiger partial charge in [-0.3, -0.25) is 0 Å². The van der Waals surface area contributed by atoms with Crippen molar-refractivity contribution in [2.45, 2.75) is 45.5 Å². The molecule has 0 bridgehead atoms. The molecule has 15 heteroatoms. The number of aromatic nitrogens is 1. The number of amides is 1. The summed E-state index contributed by atoms with van der Waals surface area (Å²) in [6.45, 7) is 3.81. The highest BCUT2D eigenvalue weighted by atomic mass is 19.4. The van der Waals surface area contributed by atoms with Gasteiger partial charge in [0, 0.05) is 30.3 Å². The Balaban J connectivity index is 2.07. The van der Waals surface area contributed by atoms with Gasteiger partial charge in [0.25, 0.3) is 0 Å². The van der Waals surface area contributed by atoms with Gasteiger partial charge in [0.15, 0.2) is 11.6 Å². The van der Waals surface area contributed by atoms with E-state index in [1.807, 2.05) is 0 Å².